The van der Waals surface area contributed by atoms with E-state index in [1.54, 1.807) is 11.3 Å². The zero-order valence-corrected chi connectivity index (χ0v) is 21.1. The molecule has 160 valence electrons. The molecule has 0 aliphatic carbocycles. The first-order chi connectivity index (χ1) is 13.5. The Hall–Kier alpha value is -1.19. The summed E-state index contributed by atoms with van der Waals surface area (Å²) in [4.78, 5) is 12.8. The van der Waals surface area contributed by atoms with Crippen molar-refractivity contribution in [2.45, 2.75) is 46.7 Å². The maximum Gasteiger partial charge on any atom is 0.191 e. The van der Waals surface area contributed by atoms with Crippen LogP contribution in [0, 0.1) is 26.7 Å². The molecular formula is C22H34IN5S. The Morgan fingerprint density at radius 3 is 2.41 bits per heavy atom. The van der Waals surface area contributed by atoms with Crippen LogP contribution in [0.2, 0.25) is 0 Å². The van der Waals surface area contributed by atoms with Crippen LogP contribution in [-0.4, -0.2) is 42.5 Å². The van der Waals surface area contributed by atoms with E-state index in [-0.39, 0.29) is 24.0 Å². The summed E-state index contributed by atoms with van der Waals surface area (Å²) in [6.45, 7) is 11.4. The number of rotatable bonds is 6. The number of aryl methyl sites for hydroxylation is 3. The van der Waals surface area contributed by atoms with E-state index in [4.69, 9.17) is 0 Å². The van der Waals surface area contributed by atoms with Gasteiger partial charge in [-0.15, -0.1) is 35.3 Å². The van der Waals surface area contributed by atoms with Crippen LogP contribution >= 0.6 is 35.3 Å². The molecule has 0 amide bonds. The molecule has 0 atom stereocenters. The second kappa shape index (κ2) is 11.9. The Morgan fingerprint density at radius 2 is 1.83 bits per heavy atom. The molecule has 5 nitrogen and oxygen atoms in total. The van der Waals surface area contributed by atoms with Crippen LogP contribution in [0.15, 0.2) is 29.3 Å². The van der Waals surface area contributed by atoms with Gasteiger partial charge < -0.3 is 10.6 Å². The van der Waals surface area contributed by atoms with E-state index in [1.165, 1.54) is 41.9 Å². The lowest BCUT2D eigenvalue weighted by atomic mass is 9.96. The minimum atomic E-state index is 0. The lowest BCUT2D eigenvalue weighted by molar-refractivity contribution is 0.178. The number of nitrogens with zero attached hydrogens (tertiary/aromatic N) is 3. The SMILES string of the molecule is CN=C(NCc1nc(C)c(C)s1)NCC1CCN(Cc2ccc(C)cc2)CC1.I. The first-order valence-corrected chi connectivity index (χ1v) is 11.0. The summed E-state index contributed by atoms with van der Waals surface area (Å²) in [5, 5.41) is 8.00. The van der Waals surface area contributed by atoms with E-state index < -0.39 is 0 Å². The van der Waals surface area contributed by atoms with Gasteiger partial charge in [-0.05, 0) is 58.2 Å². The lowest BCUT2D eigenvalue weighted by Gasteiger charge is -2.32. The van der Waals surface area contributed by atoms with Crippen molar-refractivity contribution in [3.63, 3.8) is 0 Å². The lowest BCUT2D eigenvalue weighted by Crippen LogP contribution is -2.42. The number of hydrogen-bond acceptors (Lipinski definition) is 4. The Balaban J connectivity index is 0.00000300. The second-order valence-electron chi connectivity index (χ2n) is 7.76. The number of likely N-dealkylation sites (tertiary alicyclic amines) is 1. The van der Waals surface area contributed by atoms with Gasteiger partial charge in [0.25, 0.3) is 0 Å². The maximum absolute atomic E-state index is 4.58. The zero-order valence-electron chi connectivity index (χ0n) is 18.0. The van der Waals surface area contributed by atoms with Crippen LogP contribution in [0.5, 0.6) is 0 Å². The minimum Gasteiger partial charge on any atom is -0.356 e. The summed E-state index contributed by atoms with van der Waals surface area (Å²) < 4.78 is 0. The quantitative estimate of drug-likeness (QED) is 0.335. The molecule has 0 unspecified atom stereocenters. The van der Waals surface area contributed by atoms with Gasteiger partial charge >= 0.3 is 0 Å². The molecule has 0 bridgehead atoms. The molecule has 7 heteroatoms. The molecule has 1 aromatic heterocycles. The number of guanidine groups is 1. The van der Waals surface area contributed by atoms with Gasteiger partial charge in [0.2, 0.25) is 0 Å². The Labute approximate surface area is 196 Å². The van der Waals surface area contributed by atoms with E-state index in [0.29, 0.717) is 5.92 Å². The second-order valence-corrected chi connectivity index (χ2v) is 9.05. The predicted octanol–water partition coefficient (Wildman–Crippen LogP) is 4.26. The molecule has 0 spiro atoms. The molecule has 2 heterocycles. The Kier molecular flexibility index (Phi) is 9.85. The Bertz CT molecular complexity index is 760. The van der Waals surface area contributed by atoms with Crippen molar-refractivity contribution in [2.75, 3.05) is 26.7 Å². The molecule has 2 aromatic rings. The molecule has 1 aliphatic heterocycles. The van der Waals surface area contributed by atoms with Gasteiger partial charge in [0.15, 0.2) is 5.96 Å². The van der Waals surface area contributed by atoms with Gasteiger partial charge in [-0.25, -0.2) is 4.98 Å². The van der Waals surface area contributed by atoms with Crippen LogP contribution in [0.1, 0.15) is 39.5 Å². The predicted molar refractivity (Wildman–Crippen MR) is 134 cm³/mol. The summed E-state index contributed by atoms with van der Waals surface area (Å²) in [5.74, 6) is 1.57. The number of hydrogen-bond donors (Lipinski definition) is 2. The number of benzene rings is 1. The van der Waals surface area contributed by atoms with Gasteiger partial charge in [-0.1, -0.05) is 29.8 Å². The highest BCUT2D eigenvalue weighted by atomic mass is 127. The molecule has 1 aliphatic rings. The number of aromatic nitrogens is 1. The first-order valence-electron chi connectivity index (χ1n) is 10.2. The first kappa shape index (κ1) is 24.1. The van der Waals surface area contributed by atoms with Crippen molar-refractivity contribution in [1.82, 2.24) is 20.5 Å². The standard InChI is InChI=1S/C22H33N5S.HI/c1-16-5-7-20(8-6-16)15-27-11-9-19(10-12-27)13-24-22(23-4)25-14-21-26-17(2)18(3)28-21;/h5-8,19H,9-15H2,1-4H3,(H2,23,24,25);1H. The fraction of sp³-hybridized carbons (Fsp3) is 0.545. The fourth-order valence-electron chi connectivity index (χ4n) is 3.54. The minimum absolute atomic E-state index is 0. The number of piperidine rings is 1. The van der Waals surface area contributed by atoms with Crippen LogP contribution in [0.3, 0.4) is 0 Å². The van der Waals surface area contributed by atoms with Crippen LogP contribution < -0.4 is 10.6 Å². The van der Waals surface area contributed by atoms with E-state index in [0.717, 1.165) is 36.3 Å². The number of nitrogens with one attached hydrogen (secondary N) is 2. The van der Waals surface area contributed by atoms with Crippen LogP contribution in [0.25, 0.3) is 0 Å². The van der Waals surface area contributed by atoms with Gasteiger partial charge in [0.1, 0.15) is 5.01 Å². The van der Waals surface area contributed by atoms with E-state index in [1.807, 2.05) is 7.05 Å². The summed E-state index contributed by atoms with van der Waals surface area (Å²) in [6.07, 6.45) is 2.47. The zero-order chi connectivity index (χ0) is 19.9. The average molecular weight is 528 g/mol. The molecular weight excluding hydrogens is 493 g/mol. The number of halogens is 1. The molecule has 3 rings (SSSR count). The molecule has 1 aromatic carbocycles. The summed E-state index contributed by atoms with van der Waals surface area (Å²) >= 11 is 1.75. The van der Waals surface area contributed by atoms with E-state index >= 15 is 0 Å². The highest BCUT2D eigenvalue weighted by molar-refractivity contribution is 14.0. The van der Waals surface area contributed by atoms with Crippen molar-refractivity contribution < 1.29 is 0 Å². The highest BCUT2D eigenvalue weighted by Gasteiger charge is 2.19. The van der Waals surface area contributed by atoms with Crippen molar-refractivity contribution in [2.24, 2.45) is 10.9 Å². The van der Waals surface area contributed by atoms with Gasteiger partial charge in [-0.3, -0.25) is 9.89 Å². The molecule has 29 heavy (non-hydrogen) atoms. The fourth-order valence-corrected chi connectivity index (χ4v) is 4.41. The third-order valence-electron chi connectivity index (χ3n) is 5.50. The summed E-state index contributed by atoms with van der Waals surface area (Å²) in [7, 11) is 1.83. The molecule has 0 radical (unpaired) electrons. The normalized spacial score (nSPS) is 15.8. The number of thiazole rings is 1. The van der Waals surface area contributed by atoms with Gasteiger partial charge in [-0.2, -0.15) is 0 Å². The maximum atomic E-state index is 4.58. The molecule has 1 saturated heterocycles. The molecule has 0 saturated carbocycles. The summed E-state index contributed by atoms with van der Waals surface area (Å²) in [6, 6.07) is 8.92. The van der Waals surface area contributed by atoms with E-state index in [2.05, 4.69) is 70.5 Å². The third kappa shape index (κ3) is 7.53. The largest absolute Gasteiger partial charge is 0.356 e. The van der Waals surface area contributed by atoms with Crippen LogP contribution in [-0.2, 0) is 13.1 Å². The monoisotopic (exact) mass is 527 g/mol. The number of aliphatic imine (C=N–C) groups is 1. The van der Waals surface area contributed by atoms with E-state index in [9.17, 15) is 0 Å². The highest BCUT2D eigenvalue weighted by Crippen LogP contribution is 2.19. The van der Waals surface area contributed by atoms with Crippen LogP contribution in [0.4, 0.5) is 0 Å². The molecule has 2 N–H and O–H groups in total. The van der Waals surface area contributed by atoms with Crippen molar-refractivity contribution in [3.05, 3.63) is 51.0 Å². The summed E-state index contributed by atoms with van der Waals surface area (Å²) in [5.41, 5.74) is 3.87. The molecule has 1 fully saturated rings. The van der Waals surface area contributed by atoms with Crippen molar-refractivity contribution in [1.29, 1.82) is 0 Å². The smallest absolute Gasteiger partial charge is 0.191 e. The Morgan fingerprint density at radius 1 is 1.14 bits per heavy atom. The topological polar surface area (TPSA) is 52.6 Å². The third-order valence-corrected chi connectivity index (χ3v) is 6.57. The van der Waals surface area contributed by atoms with Gasteiger partial charge in [0.05, 0.1) is 12.2 Å². The average Bonchev–Trinajstić information content (AvgIpc) is 3.02. The van der Waals surface area contributed by atoms with Crippen molar-refractivity contribution in [3.8, 4) is 0 Å². The van der Waals surface area contributed by atoms with Gasteiger partial charge in [0, 0.05) is 25.0 Å². The van der Waals surface area contributed by atoms with Crippen molar-refractivity contribution >= 4 is 41.3 Å².